The van der Waals surface area contributed by atoms with Gasteiger partial charge in [0.05, 0.1) is 4.88 Å². The SMILES string of the molecule is O=C(N[C@@H](Cc1ccccc1)C(=O)Nc1ccncc1)c1cccs1. The zero-order valence-electron chi connectivity index (χ0n) is 13.4. The molecule has 2 N–H and O–H groups in total. The maximum absolute atomic E-state index is 12.7. The summed E-state index contributed by atoms with van der Waals surface area (Å²) in [5.41, 5.74) is 1.62. The van der Waals surface area contributed by atoms with Gasteiger partial charge in [-0.25, -0.2) is 0 Å². The van der Waals surface area contributed by atoms with Crippen LogP contribution in [0.3, 0.4) is 0 Å². The quantitative estimate of drug-likeness (QED) is 0.717. The number of carbonyl (C=O) groups excluding carboxylic acids is 2. The van der Waals surface area contributed by atoms with Crippen molar-refractivity contribution in [2.24, 2.45) is 0 Å². The Morgan fingerprint density at radius 3 is 2.44 bits per heavy atom. The summed E-state index contributed by atoms with van der Waals surface area (Å²) in [5, 5.41) is 7.49. The van der Waals surface area contributed by atoms with Crippen molar-refractivity contribution in [2.75, 3.05) is 5.32 Å². The van der Waals surface area contributed by atoms with E-state index in [-0.39, 0.29) is 11.8 Å². The molecule has 0 unspecified atom stereocenters. The number of anilines is 1. The Hall–Kier alpha value is -2.99. The first kappa shape index (κ1) is 16.9. The minimum atomic E-state index is -0.676. The lowest BCUT2D eigenvalue weighted by Crippen LogP contribution is -2.45. The van der Waals surface area contributed by atoms with Gasteiger partial charge in [-0.15, -0.1) is 11.3 Å². The van der Waals surface area contributed by atoms with Gasteiger partial charge < -0.3 is 10.6 Å². The first-order chi connectivity index (χ1) is 12.2. The van der Waals surface area contributed by atoms with Crippen LogP contribution in [-0.2, 0) is 11.2 Å². The highest BCUT2D eigenvalue weighted by Crippen LogP contribution is 2.11. The van der Waals surface area contributed by atoms with E-state index < -0.39 is 6.04 Å². The maximum Gasteiger partial charge on any atom is 0.262 e. The van der Waals surface area contributed by atoms with Crippen molar-refractivity contribution in [2.45, 2.75) is 12.5 Å². The molecule has 0 saturated carbocycles. The third-order valence-electron chi connectivity index (χ3n) is 3.60. The number of amides is 2. The van der Waals surface area contributed by atoms with Crippen molar-refractivity contribution in [1.29, 1.82) is 0 Å². The second kappa shape index (κ2) is 8.21. The number of nitrogens with one attached hydrogen (secondary N) is 2. The van der Waals surface area contributed by atoms with E-state index in [0.717, 1.165) is 5.56 Å². The Bertz CT molecular complexity index is 820. The summed E-state index contributed by atoms with van der Waals surface area (Å²) >= 11 is 1.34. The molecule has 3 rings (SSSR count). The molecule has 25 heavy (non-hydrogen) atoms. The predicted molar refractivity (Wildman–Crippen MR) is 98.6 cm³/mol. The fourth-order valence-electron chi connectivity index (χ4n) is 2.36. The highest BCUT2D eigenvalue weighted by Gasteiger charge is 2.22. The van der Waals surface area contributed by atoms with Gasteiger partial charge >= 0.3 is 0 Å². The molecule has 1 atom stereocenters. The molecule has 0 aliphatic heterocycles. The maximum atomic E-state index is 12.7. The third kappa shape index (κ3) is 4.74. The highest BCUT2D eigenvalue weighted by atomic mass is 32.1. The summed E-state index contributed by atoms with van der Waals surface area (Å²) in [6, 6.07) is 15.9. The van der Waals surface area contributed by atoms with Crippen LogP contribution in [0, 0.1) is 0 Å². The van der Waals surface area contributed by atoms with Crippen molar-refractivity contribution >= 4 is 28.8 Å². The lowest BCUT2D eigenvalue weighted by molar-refractivity contribution is -0.118. The first-order valence-corrected chi connectivity index (χ1v) is 8.69. The third-order valence-corrected chi connectivity index (χ3v) is 4.47. The molecule has 0 aliphatic rings. The molecular weight excluding hydrogens is 334 g/mol. The normalized spacial score (nSPS) is 11.5. The van der Waals surface area contributed by atoms with Crippen LogP contribution < -0.4 is 10.6 Å². The number of hydrogen-bond donors (Lipinski definition) is 2. The lowest BCUT2D eigenvalue weighted by Gasteiger charge is -2.18. The van der Waals surface area contributed by atoms with E-state index in [1.807, 2.05) is 41.8 Å². The van der Waals surface area contributed by atoms with Gasteiger partial charge in [-0.3, -0.25) is 14.6 Å². The second-order valence-electron chi connectivity index (χ2n) is 5.42. The molecule has 2 heterocycles. The van der Waals surface area contributed by atoms with Crippen LogP contribution in [-0.4, -0.2) is 22.8 Å². The molecule has 5 nitrogen and oxygen atoms in total. The summed E-state index contributed by atoms with van der Waals surface area (Å²) in [7, 11) is 0. The summed E-state index contributed by atoms with van der Waals surface area (Å²) < 4.78 is 0. The number of hydrogen-bond acceptors (Lipinski definition) is 4. The van der Waals surface area contributed by atoms with Gasteiger partial charge in [0, 0.05) is 24.5 Å². The molecule has 1 aromatic carbocycles. The van der Waals surface area contributed by atoms with E-state index in [1.54, 1.807) is 30.6 Å². The predicted octanol–water partition coefficient (Wildman–Crippen LogP) is 3.12. The molecule has 0 radical (unpaired) electrons. The van der Waals surface area contributed by atoms with Gasteiger partial charge in [0.15, 0.2) is 0 Å². The average Bonchev–Trinajstić information content (AvgIpc) is 3.18. The Balaban J connectivity index is 1.75. The second-order valence-corrected chi connectivity index (χ2v) is 6.37. The molecule has 0 spiro atoms. The Labute approximate surface area is 149 Å². The molecule has 6 heteroatoms. The molecule has 0 aliphatic carbocycles. The van der Waals surface area contributed by atoms with Crippen molar-refractivity contribution in [3.63, 3.8) is 0 Å². The van der Waals surface area contributed by atoms with Gasteiger partial charge in [-0.2, -0.15) is 0 Å². The van der Waals surface area contributed by atoms with Gasteiger partial charge in [-0.1, -0.05) is 36.4 Å². The van der Waals surface area contributed by atoms with Crippen LogP contribution in [0.2, 0.25) is 0 Å². The average molecular weight is 351 g/mol. The molecule has 2 amide bonds. The number of benzene rings is 1. The van der Waals surface area contributed by atoms with Crippen molar-refractivity contribution in [3.8, 4) is 0 Å². The fourth-order valence-corrected chi connectivity index (χ4v) is 2.99. The van der Waals surface area contributed by atoms with Crippen LogP contribution in [0.25, 0.3) is 0 Å². The molecule has 0 fully saturated rings. The van der Waals surface area contributed by atoms with Crippen molar-refractivity contribution in [3.05, 3.63) is 82.8 Å². The van der Waals surface area contributed by atoms with E-state index in [4.69, 9.17) is 0 Å². The Morgan fingerprint density at radius 2 is 1.76 bits per heavy atom. The first-order valence-electron chi connectivity index (χ1n) is 7.81. The zero-order valence-corrected chi connectivity index (χ0v) is 14.2. The molecule has 126 valence electrons. The summed E-state index contributed by atoms with van der Waals surface area (Å²) in [6.07, 6.45) is 3.62. The number of thiophene rings is 1. The summed E-state index contributed by atoms with van der Waals surface area (Å²) in [5.74, 6) is -0.513. The minimum Gasteiger partial charge on any atom is -0.339 e. The smallest absolute Gasteiger partial charge is 0.262 e. The van der Waals surface area contributed by atoms with E-state index in [9.17, 15) is 9.59 Å². The number of aromatic nitrogens is 1. The number of pyridine rings is 1. The summed E-state index contributed by atoms with van der Waals surface area (Å²) in [4.78, 5) is 29.6. The van der Waals surface area contributed by atoms with Crippen LogP contribution in [0.15, 0.2) is 72.4 Å². The van der Waals surface area contributed by atoms with Crippen LogP contribution in [0.5, 0.6) is 0 Å². The van der Waals surface area contributed by atoms with Crippen LogP contribution in [0.4, 0.5) is 5.69 Å². The molecular formula is C19H17N3O2S. The minimum absolute atomic E-state index is 0.249. The van der Waals surface area contributed by atoms with Gasteiger partial charge in [0.1, 0.15) is 6.04 Å². The van der Waals surface area contributed by atoms with Gasteiger partial charge in [0.25, 0.3) is 5.91 Å². The standard InChI is InChI=1S/C19H17N3O2S/c23-18(21-15-8-10-20-11-9-15)16(13-14-5-2-1-3-6-14)22-19(24)17-7-4-12-25-17/h1-12,16H,13H2,(H,22,24)(H,20,21,23)/t16-/m0/s1. The Morgan fingerprint density at radius 1 is 1.00 bits per heavy atom. The molecule has 3 aromatic rings. The van der Waals surface area contributed by atoms with E-state index in [2.05, 4.69) is 15.6 Å². The van der Waals surface area contributed by atoms with E-state index in [0.29, 0.717) is 17.0 Å². The van der Waals surface area contributed by atoms with Gasteiger partial charge in [-0.05, 0) is 29.1 Å². The number of carbonyl (C=O) groups is 2. The molecule has 2 aromatic heterocycles. The largest absolute Gasteiger partial charge is 0.339 e. The van der Waals surface area contributed by atoms with Crippen LogP contribution >= 0.6 is 11.3 Å². The van der Waals surface area contributed by atoms with Crippen LogP contribution in [0.1, 0.15) is 15.2 Å². The molecule has 0 bridgehead atoms. The molecule has 0 saturated heterocycles. The lowest BCUT2D eigenvalue weighted by atomic mass is 10.0. The van der Waals surface area contributed by atoms with E-state index >= 15 is 0 Å². The topological polar surface area (TPSA) is 71.1 Å². The summed E-state index contributed by atoms with van der Waals surface area (Å²) in [6.45, 7) is 0. The number of nitrogens with zero attached hydrogens (tertiary/aromatic N) is 1. The Kier molecular flexibility index (Phi) is 5.53. The van der Waals surface area contributed by atoms with Crippen molar-refractivity contribution in [1.82, 2.24) is 10.3 Å². The van der Waals surface area contributed by atoms with Crippen molar-refractivity contribution < 1.29 is 9.59 Å². The monoisotopic (exact) mass is 351 g/mol. The van der Waals surface area contributed by atoms with Gasteiger partial charge in [0.2, 0.25) is 5.91 Å². The number of rotatable bonds is 6. The zero-order chi connectivity index (χ0) is 17.5. The van der Waals surface area contributed by atoms with E-state index in [1.165, 1.54) is 11.3 Å². The highest BCUT2D eigenvalue weighted by molar-refractivity contribution is 7.12. The fraction of sp³-hybridized carbons (Fsp3) is 0.105.